The summed E-state index contributed by atoms with van der Waals surface area (Å²) < 4.78 is 6.23. The van der Waals surface area contributed by atoms with E-state index in [0.717, 1.165) is 10.0 Å². The third-order valence-electron chi connectivity index (χ3n) is 2.83. The number of carboxylic acids is 1. The Bertz CT molecular complexity index is 580. The first kappa shape index (κ1) is 13.8. The Hall–Kier alpha value is -1.59. The molecule has 0 spiro atoms. The molecule has 0 aliphatic carbocycles. The van der Waals surface area contributed by atoms with Gasteiger partial charge in [-0.15, -0.1) is 0 Å². The maximum Gasteiger partial charge on any atom is 0.371 e. The zero-order chi connectivity index (χ0) is 13.8. The van der Waals surface area contributed by atoms with Crippen molar-refractivity contribution in [3.63, 3.8) is 0 Å². The molecule has 4 nitrogen and oxygen atoms in total. The molecule has 1 atom stereocenters. The Morgan fingerprint density at radius 1 is 1.37 bits per heavy atom. The quantitative estimate of drug-likeness (QED) is 0.882. The van der Waals surface area contributed by atoms with Gasteiger partial charge in [-0.1, -0.05) is 34.1 Å². The molecule has 19 heavy (non-hydrogen) atoms. The summed E-state index contributed by atoms with van der Waals surface area (Å²) in [4.78, 5) is 10.7. The Balaban J connectivity index is 1.98. The summed E-state index contributed by atoms with van der Waals surface area (Å²) in [5, 5.41) is 12.1. The molecule has 5 heteroatoms. The molecular formula is C14H14BrNO3. The van der Waals surface area contributed by atoms with Crippen LogP contribution in [-0.4, -0.2) is 11.1 Å². The normalized spacial score (nSPS) is 12.3. The van der Waals surface area contributed by atoms with E-state index in [4.69, 9.17) is 9.52 Å². The minimum atomic E-state index is -1.05. The lowest BCUT2D eigenvalue weighted by molar-refractivity contribution is 0.0660. The molecule has 0 aliphatic rings. The Morgan fingerprint density at radius 2 is 2.11 bits per heavy atom. The van der Waals surface area contributed by atoms with Crippen molar-refractivity contribution >= 4 is 21.9 Å². The highest BCUT2D eigenvalue weighted by molar-refractivity contribution is 9.10. The zero-order valence-corrected chi connectivity index (χ0v) is 12.0. The van der Waals surface area contributed by atoms with E-state index < -0.39 is 5.97 Å². The van der Waals surface area contributed by atoms with Crippen LogP contribution in [0.5, 0.6) is 0 Å². The molecule has 2 aromatic rings. The van der Waals surface area contributed by atoms with E-state index in [9.17, 15) is 4.79 Å². The Labute approximate surface area is 119 Å². The molecule has 0 saturated carbocycles. The second kappa shape index (κ2) is 6.04. The van der Waals surface area contributed by atoms with Gasteiger partial charge in [0.1, 0.15) is 5.76 Å². The molecule has 1 heterocycles. The smallest absolute Gasteiger partial charge is 0.371 e. The molecule has 0 aliphatic heterocycles. The predicted octanol–water partition coefficient (Wildman–Crippen LogP) is 3.59. The molecule has 1 unspecified atom stereocenters. The minimum Gasteiger partial charge on any atom is -0.475 e. The standard InChI is InChI=1S/C14H14BrNO3/c1-9(11-4-2-3-5-12(11)15)16-8-10-6-7-13(19-10)14(17)18/h2-7,9,16H,8H2,1H3,(H,17,18). The second-order valence-electron chi connectivity index (χ2n) is 4.20. The van der Waals surface area contributed by atoms with Crippen LogP contribution in [0.4, 0.5) is 0 Å². The predicted molar refractivity (Wildman–Crippen MR) is 75.1 cm³/mol. The van der Waals surface area contributed by atoms with Gasteiger partial charge < -0.3 is 14.8 Å². The fourth-order valence-electron chi connectivity index (χ4n) is 1.78. The van der Waals surface area contributed by atoms with Gasteiger partial charge in [0.05, 0.1) is 6.54 Å². The topological polar surface area (TPSA) is 62.5 Å². The number of benzene rings is 1. The number of aromatic carboxylic acids is 1. The first-order chi connectivity index (χ1) is 9.08. The summed E-state index contributed by atoms with van der Waals surface area (Å²) in [6.07, 6.45) is 0. The number of furan rings is 1. The number of hydrogen-bond donors (Lipinski definition) is 2. The number of carbonyl (C=O) groups is 1. The molecule has 0 bridgehead atoms. The van der Waals surface area contributed by atoms with Crippen LogP contribution in [0.15, 0.2) is 45.3 Å². The molecule has 0 amide bonds. The van der Waals surface area contributed by atoms with E-state index in [1.54, 1.807) is 6.07 Å². The van der Waals surface area contributed by atoms with Crippen LogP contribution in [0.25, 0.3) is 0 Å². The highest BCUT2D eigenvalue weighted by Crippen LogP contribution is 2.23. The highest BCUT2D eigenvalue weighted by Gasteiger charge is 2.11. The van der Waals surface area contributed by atoms with E-state index in [-0.39, 0.29) is 11.8 Å². The van der Waals surface area contributed by atoms with Gasteiger partial charge in [0.2, 0.25) is 5.76 Å². The van der Waals surface area contributed by atoms with Gasteiger partial charge in [0, 0.05) is 10.5 Å². The molecular weight excluding hydrogens is 310 g/mol. The fourth-order valence-corrected chi connectivity index (χ4v) is 2.41. The number of halogens is 1. The zero-order valence-electron chi connectivity index (χ0n) is 10.4. The van der Waals surface area contributed by atoms with Gasteiger partial charge in [-0.2, -0.15) is 0 Å². The molecule has 2 rings (SSSR count). The third-order valence-corrected chi connectivity index (χ3v) is 3.55. The maximum absolute atomic E-state index is 10.7. The summed E-state index contributed by atoms with van der Waals surface area (Å²) in [6.45, 7) is 2.52. The van der Waals surface area contributed by atoms with Gasteiger partial charge in [-0.25, -0.2) is 4.79 Å². The Morgan fingerprint density at radius 3 is 2.74 bits per heavy atom. The molecule has 1 aromatic heterocycles. The summed E-state index contributed by atoms with van der Waals surface area (Å²) in [6, 6.07) is 11.2. The molecule has 0 radical (unpaired) electrons. The van der Waals surface area contributed by atoms with Crippen molar-refractivity contribution in [1.29, 1.82) is 0 Å². The lowest BCUT2D eigenvalue weighted by Crippen LogP contribution is -2.18. The van der Waals surface area contributed by atoms with Crippen molar-refractivity contribution in [1.82, 2.24) is 5.32 Å². The highest BCUT2D eigenvalue weighted by atomic mass is 79.9. The van der Waals surface area contributed by atoms with Crippen molar-refractivity contribution in [3.05, 3.63) is 58.0 Å². The summed E-state index contributed by atoms with van der Waals surface area (Å²) in [5.41, 5.74) is 1.15. The monoisotopic (exact) mass is 323 g/mol. The van der Waals surface area contributed by atoms with Crippen LogP contribution in [0.2, 0.25) is 0 Å². The van der Waals surface area contributed by atoms with E-state index in [2.05, 4.69) is 21.2 Å². The number of nitrogens with one attached hydrogen (secondary N) is 1. The molecule has 2 N–H and O–H groups in total. The lowest BCUT2D eigenvalue weighted by Gasteiger charge is -2.14. The van der Waals surface area contributed by atoms with Gasteiger partial charge >= 0.3 is 5.97 Å². The van der Waals surface area contributed by atoms with Crippen molar-refractivity contribution < 1.29 is 14.3 Å². The van der Waals surface area contributed by atoms with Crippen LogP contribution in [0.1, 0.15) is 34.8 Å². The average Bonchev–Trinajstić information content (AvgIpc) is 2.85. The van der Waals surface area contributed by atoms with E-state index in [0.29, 0.717) is 12.3 Å². The number of hydrogen-bond acceptors (Lipinski definition) is 3. The first-order valence-corrected chi connectivity index (χ1v) is 6.67. The lowest BCUT2D eigenvalue weighted by atomic mass is 10.1. The van der Waals surface area contributed by atoms with Crippen LogP contribution in [0.3, 0.4) is 0 Å². The molecule has 0 saturated heterocycles. The van der Waals surface area contributed by atoms with E-state index in [1.807, 2.05) is 31.2 Å². The van der Waals surface area contributed by atoms with E-state index in [1.165, 1.54) is 6.07 Å². The SMILES string of the molecule is CC(NCc1ccc(C(=O)O)o1)c1ccccc1Br. The summed E-state index contributed by atoms with van der Waals surface area (Å²) in [5.74, 6) is -0.480. The van der Waals surface area contributed by atoms with Crippen molar-refractivity contribution in [2.24, 2.45) is 0 Å². The van der Waals surface area contributed by atoms with Gasteiger partial charge in [-0.05, 0) is 30.7 Å². The molecule has 100 valence electrons. The van der Waals surface area contributed by atoms with Crippen molar-refractivity contribution in [3.8, 4) is 0 Å². The second-order valence-corrected chi connectivity index (χ2v) is 5.05. The molecule has 1 aromatic carbocycles. The van der Waals surface area contributed by atoms with Crippen molar-refractivity contribution in [2.75, 3.05) is 0 Å². The third kappa shape index (κ3) is 3.45. The summed E-state index contributed by atoms with van der Waals surface area (Å²) >= 11 is 3.51. The number of rotatable bonds is 5. The number of carboxylic acid groups (broad SMARTS) is 1. The fraction of sp³-hybridized carbons (Fsp3) is 0.214. The van der Waals surface area contributed by atoms with E-state index >= 15 is 0 Å². The van der Waals surface area contributed by atoms with Crippen molar-refractivity contribution in [2.45, 2.75) is 19.5 Å². The minimum absolute atomic E-state index is 0.0367. The van der Waals surface area contributed by atoms with Gasteiger partial charge in [0.25, 0.3) is 0 Å². The van der Waals surface area contributed by atoms with Gasteiger partial charge in [0.15, 0.2) is 0 Å². The van der Waals surface area contributed by atoms with Crippen LogP contribution < -0.4 is 5.32 Å². The van der Waals surface area contributed by atoms with Crippen LogP contribution >= 0.6 is 15.9 Å². The van der Waals surface area contributed by atoms with Crippen LogP contribution in [-0.2, 0) is 6.54 Å². The average molecular weight is 324 g/mol. The molecule has 0 fully saturated rings. The van der Waals surface area contributed by atoms with Gasteiger partial charge in [-0.3, -0.25) is 0 Å². The Kier molecular flexibility index (Phi) is 4.39. The summed E-state index contributed by atoms with van der Waals surface area (Å²) in [7, 11) is 0. The van der Waals surface area contributed by atoms with Crippen LogP contribution in [0, 0.1) is 0 Å². The maximum atomic E-state index is 10.7. The first-order valence-electron chi connectivity index (χ1n) is 5.87. The largest absolute Gasteiger partial charge is 0.475 e.